The molecule has 0 unspecified atom stereocenters. The van der Waals surface area contributed by atoms with Crippen LogP contribution in [0.3, 0.4) is 0 Å². The molecule has 2 aliphatic rings. The average Bonchev–Trinajstić information content (AvgIpc) is 3.10. The maximum absolute atomic E-state index is 13.4. The first-order valence-corrected chi connectivity index (χ1v) is 8.94. The summed E-state index contributed by atoms with van der Waals surface area (Å²) in [5.41, 5.74) is 1.66. The molecule has 2 saturated heterocycles. The third kappa shape index (κ3) is 2.97. The fourth-order valence-corrected chi connectivity index (χ4v) is 3.57. The summed E-state index contributed by atoms with van der Waals surface area (Å²) in [5, 5.41) is 0. The Hall–Kier alpha value is -2.37. The first-order chi connectivity index (χ1) is 12.5. The van der Waals surface area contributed by atoms with Crippen LogP contribution in [0.5, 0.6) is 0 Å². The zero-order valence-electron chi connectivity index (χ0n) is 15.3. The van der Waals surface area contributed by atoms with Gasteiger partial charge < -0.3 is 9.47 Å². The molecule has 0 spiro atoms. The summed E-state index contributed by atoms with van der Waals surface area (Å²) >= 11 is 0. The summed E-state index contributed by atoms with van der Waals surface area (Å²) < 4.78 is 11.9. The van der Waals surface area contributed by atoms with Gasteiger partial charge in [0.05, 0.1) is 18.2 Å². The number of rotatable bonds is 3. The molecule has 0 radical (unpaired) electrons. The SMILES string of the molecule is CN(C(=O)N1[C@@H](c2ccccc2)CO[C@H]1[C@H]1OC1(C)C)c1ccccc1. The van der Waals surface area contributed by atoms with Gasteiger partial charge in [0.25, 0.3) is 0 Å². The lowest BCUT2D eigenvalue weighted by molar-refractivity contribution is 0.0276. The Morgan fingerprint density at radius 1 is 1.08 bits per heavy atom. The van der Waals surface area contributed by atoms with Crippen LogP contribution in [0, 0.1) is 0 Å². The maximum atomic E-state index is 13.4. The molecule has 2 aromatic carbocycles. The predicted octanol–water partition coefficient (Wildman–Crippen LogP) is 3.82. The van der Waals surface area contributed by atoms with Gasteiger partial charge in [-0.3, -0.25) is 9.80 Å². The van der Waals surface area contributed by atoms with E-state index in [-0.39, 0.29) is 30.0 Å². The van der Waals surface area contributed by atoms with E-state index in [0.717, 1.165) is 11.3 Å². The second-order valence-electron chi connectivity index (χ2n) is 7.38. The van der Waals surface area contributed by atoms with Crippen molar-refractivity contribution in [3.05, 3.63) is 66.2 Å². The van der Waals surface area contributed by atoms with Crippen LogP contribution in [0.1, 0.15) is 25.5 Å². The molecule has 4 rings (SSSR count). The average molecular weight is 352 g/mol. The second kappa shape index (κ2) is 6.41. The Labute approximate surface area is 154 Å². The van der Waals surface area contributed by atoms with Crippen LogP contribution in [-0.2, 0) is 9.47 Å². The fraction of sp³-hybridized carbons (Fsp3) is 0.381. The molecule has 5 heteroatoms. The Morgan fingerprint density at radius 3 is 2.23 bits per heavy atom. The van der Waals surface area contributed by atoms with Crippen molar-refractivity contribution < 1.29 is 14.3 Å². The van der Waals surface area contributed by atoms with Gasteiger partial charge in [-0.05, 0) is 31.5 Å². The van der Waals surface area contributed by atoms with Gasteiger partial charge in [0.2, 0.25) is 0 Å². The van der Waals surface area contributed by atoms with Gasteiger partial charge in [-0.15, -0.1) is 0 Å². The summed E-state index contributed by atoms with van der Waals surface area (Å²) in [4.78, 5) is 16.9. The summed E-state index contributed by atoms with van der Waals surface area (Å²) in [7, 11) is 1.80. The molecule has 2 fully saturated rings. The Bertz CT molecular complexity index is 778. The topological polar surface area (TPSA) is 45.3 Å². The number of para-hydroxylation sites is 1. The van der Waals surface area contributed by atoms with Crippen LogP contribution < -0.4 is 4.90 Å². The summed E-state index contributed by atoms with van der Waals surface area (Å²) in [6, 6.07) is 19.5. The molecule has 26 heavy (non-hydrogen) atoms. The van der Waals surface area contributed by atoms with E-state index in [4.69, 9.17) is 9.47 Å². The molecule has 0 N–H and O–H groups in total. The standard InChI is InChI=1S/C21H24N2O3/c1-21(2)18(26-21)19-23(17(14-25-19)15-10-6-4-7-11-15)20(24)22(3)16-12-8-5-9-13-16/h4-13,17-19H,14H2,1-3H3/t17-,18-,19+/m1/s1. The van der Waals surface area contributed by atoms with Crippen molar-refractivity contribution in [1.29, 1.82) is 0 Å². The van der Waals surface area contributed by atoms with Crippen molar-refractivity contribution in [3.63, 3.8) is 0 Å². The molecule has 0 bridgehead atoms. The third-order valence-corrected chi connectivity index (χ3v) is 5.19. The van der Waals surface area contributed by atoms with E-state index < -0.39 is 0 Å². The highest BCUT2D eigenvalue weighted by molar-refractivity contribution is 5.92. The minimum atomic E-state index is -0.381. The van der Waals surface area contributed by atoms with Crippen molar-refractivity contribution in [2.75, 3.05) is 18.6 Å². The van der Waals surface area contributed by atoms with E-state index in [1.165, 1.54) is 0 Å². The van der Waals surface area contributed by atoms with E-state index >= 15 is 0 Å². The quantitative estimate of drug-likeness (QED) is 0.789. The predicted molar refractivity (Wildman–Crippen MR) is 100.0 cm³/mol. The minimum absolute atomic E-state index is 0.0844. The van der Waals surface area contributed by atoms with Crippen molar-refractivity contribution in [2.24, 2.45) is 0 Å². The molecule has 2 aromatic rings. The zero-order chi connectivity index (χ0) is 18.3. The number of carbonyl (C=O) groups is 1. The monoisotopic (exact) mass is 352 g/mol. The molecule has 0 aromatic heterocycles. The fourth-order valence-electron chi connectivity index (χ4n) is 3.57. The number of hydrogen-bond donors (Lipinski definition) is 0. The lowest BCUT2D eigenvalue weighted by Gasteiger charge is -2.32. The molecule has 2 heterocycles. The van der Waals surface area contributed by atoms with Gasteiger partial charge in [-0.2, -0.15) is 0 Å². The Kier molecular flexibility index (Phi) is 4.21. The van der Waals surface area contributed by atoms with E-state index in [1.54, 1.807) is 11.9 Å². The van der Waals surface area contributed by atoms with Crippen LogP contribution >= 0.6 is 0 Å². The maximum Gasteiger partial charge on any atom is 0.326 e. The number of ether oxygens (including phenoxy) is 2. The minimum Gasteiger partial charge on any atom is -0.362 e. The van der Waals surface area contributed by atoms with Gasteiger partial charge in [0.1, 0.15) is 6.10 Å². The number of carbonyl (C=O) groups excluding carboxylic acids is 1. The number of benzene rings is 2. The summed E-state index contributed by atoms with van der Waals surface area (Å²) in [5.74, 6) is 0. The highest BCUT2D eigenvalue weighted by Crippen LogP contribution is 2.45. The third-order valence-electron chi connectivity index (χ3n) is 5.19. The van der Waals surface area contributed by atoms with Crippen LogP contribution in [0.2, 0.25) is 0 Å². The lowest BCUT2D eigenvalue weighted by Crippen LogP contribution is -2.48. The van der Waals surface area contributed by atoms with E-state index in [1.807, 2.05) is 79.4 Å². The van der Waals surface area contributed by atoms with E-state index in [2.05, 4.69) is 0 Å². The van der Waals surface area contributed by atoms with Gasteiger partial charge >= 0.3 is 6.03 Å². The van der Waals surface area contributed by atoms with Gasteiger partial charge in [0.15, 0.2) is 6.23 Å². The van der Waals surface area contributed by atoms with E-state index in [9.17, 15) is 4.79 Å². The molecule has 3 atom stereocenters. The highest BCUT2D eigenvalue weighted by Gasteiger charge is 2.59. The smallest absolute Gasteiger partial charge is 0.326 e. The first-order valence-electron chi connectivity index (χ1n) is 8.94. The summed E-state index contributed by atoms with van der Waals surface area (Å²) in [6.07, 6.45) is -0.488. The van der Waals surface area contributed by atoms with Crippen molar-refractivity contribution >= 4 is 11.7 Å². The number of nitrogens with zero attached hydrogens (tertiary/aromatic N) is 2. The normalized spacial score (nSPS) is 26.6. The lowest BCUT2D eigenvalue weighted by atomic mass is 10.1. The summed E-state index contributed by atoms with van der Waals surface area (Å²) in [6.45, 7) is 4.53. The highest BCUT2D eigenvalue weighted by atomic mass is 16.6. The molecular weight excluding hydrogens is 328 g/mol. The zero-order valence-corrected chi connectivity index (χ0v) is 15.3. The van der Waals surface area contributed by atoms with Gasteiger partial charge in [-0.1, -0.05) is 48.5 Å². The van der Waals surface area contributed by atoms with Crippen molar-refractivity contribution in [2.45, 2.75) is 37.8 Å². The molecule has 0 saturated carbocycles. The van der Waals surface area contributed by atoms with Crippen LogP contribution in [0.15, 0.2) is 60.7 Å². The van der Waals surface area contributed by atoms with Crippen LogP contribution in [-0.4, -0.2) is 42.5 Å². The van der Waals surface area contributed by atoms with Gasteiger partial charge in [0, 0.05) is 12.7 Å². The second-order valence-corrected chi connectivity index (χ2v) is 7.38. The number of amides is 2. The Balaban J connectivity index is 1.65. The van der Waals surface area contributed by atoms with Crippen molar-refractivity contribution in [1.82, 2.24) is 4.90 Å². The molecule has 136 valence electrons. The van der Waals surface area contributed by atoms with E-state index in [0.29, 0.717) is 6.61 Å². The first kappa shape index (κ1) is 17.1. The number of urea groups is 1. The van der Waals surface area contributed by atoms with Gasteiger partial charge in [-0.25, -0.2) is 4.79 Å². The van der Waals surface area contributed by atoms with Crippen LogP contribution in [0.4, 0.5) is 10.5 Å². The molecule has 5 nitrogen and oxygen atoms in total. The number of anilines is 1. The molecule has 2 aliphatic heterocycles. The molecule has 0 aliphatic carbocycles. The molecular formula is C21H24N2O3. The number of hydrogen-bond acceptors (Lipinski definition) is 3. The van der Waals surface area contributed by atoms with Crippen LogP contribution in [0.25, 0.3) is 0 Å². The Morgan fingerprint density at radius 2 is 1.65 bits per heavy atom. The number of epoxide rings is 1. The largest absolute Gasteiger partial charge is 0.362 e. The molecule has 2 amide bonds. The van der Waals surface area contributed by atoms with Crippen molar-refractivity contribution in [3.8, 4) is 0 Å².